The Morgan fingerprint density at radius 3 is 2.61 bits per heavy atom. The molecule has 2 aromatic rings. The zero-order valence-electron chi connectivity index (χ0n) is 14.1. The Kier molecular flexibility index (Phi) is 5.16. The number of hydrogen-bond acceptors (Lipinski definition) is 4. The molecule has 0 bridgehead atoms. The summed E-state index contributed by atoms with van der Waals surface area (Å²) in [4.78, 5) is 15.5. The fourth-order valence-electron chi connectivity index (χ4n) is 2.48. The SMILES string of the molecule is Cc1cc(OCCC(C)(C)O)nc(C)c1-c1cccc(C=O)c1. The maximum Gasteiger partial charge on any atom is 0.213 e. The second-order valence-corrected chi connectivity index (χ2v) is 6.39. The number of nitrogens with zero attached hydrogens (tertiary/aromatic N) is 1. The van der Waals surface area contributed by atoms with E-state index in [1.165, 1.54) is 0 Å². The van der Waals surface area contributed by atoms with Gasteiger partial charge in [0.15, 0.2) is 0 Å². The lowest BCUT2D eigenvalue weighted by molar-refractivity contribution is 0.0546. The number of carbonyl (C=O) groups is 1. The fraction of sp³-hybridized carbons (Fsp3) is 0.368. The van der Waals surface area contributed by atoms with E-state index < -0.39 is 5.60 Å². The molecule has 23 heavy (non-hydrogen) atoms. The maximum atomic E-state index is 11.0. The van der Waals surface area contributed by atoms with E-state index in [9.17, 15) is 9.90 Å². The summed E-state index contributed by atoms with van der Waals surface area (Å²) in [6.07, 6.45) is 1.38. The quantitative estimate of drug-likeness (QED) is 0.826. The average molecular weight is 313 g/mol. The van der Waals surface area contributed by atoms with Crippen molar-refractivity contribution in [3.05, 3.63) is 47.2 Å². The maximum absolute atomic E-state index is 11.0. The highest BCUT2D eigenvalue weighted by Crippen LogP contribution is 2.29. The Hall–Kier alpha value is -2.20. The average Bonchev–Trinajstić information content (AvgIpc) is 2.45. The second-order valence-electron chi connectivity index (χ2n) is 6.39. The minimum absolute atomic E-state index is 0.412. The van der Waals surface area contributed by atoms with Crippen LogP contribution in [0.2, 0.25) is 0 Å². The van der Waals surface area contributed by atoms with Crippen molar-refractivity contribution in [3.63, 3.8) is 0 Å². The third kappa shape index (κ3) is 4.63. The molecule has 122 valence electrons. The van der Waals surface area contributed by atoms with Crippen molar-refractivity contribution >= 4 is 6.29 Å². The van der Waals surface area contributed by atoms with Gasteiger partial charge < -0.3 is 9.84 Å². The molecule has 0 radical (unpaired) electrons. The normalized spacial score (nSPS) is 11.3. The van der Waals surface area contributed by atoms with Crippen LogP contribution in [-0.2, 0) is 0 Å². The molecule has 0 aliphatic rings. The summed E-state index contributed by atoms with van der Waals surface area (Å²) in [5, 5.41) is 9.72. The number of aromatic nitrogens is 1. The largest absolute Gasteiger partial charge is 0.478 e. The van der Waals surface area contributed by atoms with Crippen molar-refractivity contribution < 1.29 is 14.6 Å². The van der Waals surface area contributed by atoms with Gasteiger partial charge in [0, 0.05) is 29.3 Å². The molecule has 0 saturated carbocycles. The highest BCUT2D eigenvalue weighted by molar-refractivity contribution is 5.80. The molecule has 0 unspecified atom stereocenters. The van der Waals surface area contributed by atoms with E-state index in [0.29, 0.717) is 24.5 Å². The number of rotatable bonds is 6. The third-order valence-electron chi connectivity index (χ3n) is 3.65. The third-order valence-corrected chi connectivity index (χ3v) is 3.65. The molecule has 0 fully saturated rings. The van der Waals surface area contributed by atoms with Crippen molar-refractivity contribution in [3.8, 4) is 17.0 Å². The van der Waals surface area contributed by atoms with E-state index in [-0.39, 0.29) is 0 Å². The first kappa shape index (κ1) is 17.2. The van der Waals surface area contributed by atoms with E-state index >= 15 is 0 Å². The molecule has 4 heteroatoms. The number of hydrogen-bond donors (Lipinski definition) is 1. The molecule has 0 aliphatic carbocycles. The first-order valence-corrected chi connectivity index (χ1v) is 7.69. The molecule has 1 aromatic carbocycles. The predicted molar refractivity (Wildman–Crippen MR) is 90.9 cm³/mol. The summed E-state index contributed by atoms with van der Waals surface area (Å²) in [6, 6.07) is 9.37. The Morgan fingerprint density at radius 1 is 1.26 bits per heavy atom. The topological polar surface area (TPSA) is 59.4 Å². The summed E-state index contributed by atoms with van der Waals surface area (Å²) in [6.45, 7) is 7.85. The van der Waals surface area contributed by atoms with Crippen LogP contribution in [0.5, 0.6) is 5.88 Å². The van der Waals surface area contributed by atoms with Crippen molar-refractivity contribution in [2.45, 2.75) is 39.7 Å². The van der Waals surface area contributed by atoms with Crippen LogP contribution >= 0.6 is 0 Å². The van der Waals surface area contributed by atoms with Gasteiger partial charge in [-0.2, -0.15) is 0 Å². The molecular formula is C19H23NO3. The van der Waals surface area contributed by atoms with Crippen LogP contribution in [0.3, 0.4) is 0 Å². The Morgan fingerprint density at radius 2 is 2.00 bits per heavy atom. The van der Waals surface area contributed by atoms with Gasteiger partial charge in [-0.15, -0.1) is 0 Å². The summed E-state index contributed by atoms with van der Waals surface area (Å²) in [5.41, 5.74) is 3.78. The molecule has 1 N–H and O–H groups in total. The number of ether oxygens (including phenoxy) is 1. The molecule has 0 atom stereocenters. The van der Waals surface area contributed by atoms with Crippen molar-refractivity contribution in [1.29, 1.82) is 0 Å². The monoisotopic (exact) mass is 313 g/mol. The molecule has 0 saturated heterocycles. The van der Waals surface area contributed by atoms with Gasteiger partial charge in [-0.3, -0.25) is 4.79 Å². The van der Waals surface area contributed by atoms with E-state index in [1.54, 1.807) is 19.9 Å². The number of carbonyl (C=O) groups excluding carboxylic acids is 1. The zero-order valence-corrected chi connectivity index (χ0v) is 14.1. The van der Waals surface area contributed by atoms with Gasteiger partial charge in [0.25, 0.3) is 0 Å². The smallest absolute Gasteiger partial charge is 0.213 e. The number of aryl methyl sites for hydroxylation is 2. The molecule has 4 nitrogen and oxygen atoms in total. The minimum atomic E-state index is -0.751. The van der Waals surface area contributed by atoms with Gasteiger partial charge in [0.05, 0.1) is 12.2 Å². The first-order chi connectivity index (χ1) is 10.8. The van der Waals surface area contributed by atoms with Crippen LogP contribution in [0.15, 0.2) is 30.3 Å². The minimum Gasteiger partial charge on any atom is -0.478 e. The van der Waals surface area contributed by atoms with E-state index in [2.05, 4.69) is 4.98 Å². The molecule has 0 amide bonds. The number of benzene rings is 1. The standard InChI is InChI=1S/C19H23NO3/c1-13-10-17(23-9-8-19(3,4)22)20-14(2)18(13)16-7-5-6-15(11-16)12-21/h5-7,10-12,22H,8-9H2,1-4H3. The van der Waals surface area contributed by atoms with Gasteiger partial charge in [0.1, 0.15) is 6.29 Å². The van der Waals surface area contributed by atoms with Gasteiger partial charge >= 0.3 is 0 Å². The summed E-state index contributed by atoms with van der Waals surface area (Å²) in [7, 11) is 0. The second kappa shape index (κ2) is 6.92. The molecule has 0 spiro atoms. The lowest BCUT2D eigenvalue weighted by Gasteiger charge is -2.17. The highest BCUT2D eigenvalue weighted by Gasteiger charge is 2.14. The van der Waals surface area contributed by atoms with Crippen LogP contribution in [0, 0.1) is 13.8 Å². The van der Waals surface area contributed by atoms with Crippen molar-refractivity contribution in [2.75, 3.05) is 6.61 Å². The Labute approximate surface area is 137 Å². The Balaban J connectivity index is 2.25. The number of aldehydes is 1. The van der Waals surface area contributed by atoms with Crippen LogP contribution in [-0.4, -0.2) is 28.6 Å². The first-order valence-electron chi connectivity index (χ1n) is 7.69. The van der Waals surface area contributed by atoms with Gasteiger partial charge in [-0.05, 0) is 44.9 Å². The predicted octanol–water partition coefficient (Wildman–Crippen LogP) is 3.72. The highest BCUT2D eigenvalue weighted by atomic mass is 16.5. The van der Waals surface area contributed by atoms with Gasteiger partial charge in [-0.1, -0.05) is 18.2 Å². The Bertz CT molecular complexity index is 679. The van der Waals surface area contributed by atoms with Gasteiger partial charge in [-0.25, -0.2) is 4.98 Å². The van der Waals surface area contributed by atoms with Crippen LogP contribution < -0.4 is 4.74 Å². The van der Waals surface area contributed by atoms with Crippen LogP contribution in [0.4, 0.5) is 0 Å². The molecular weight excluding hydrogens is 290 g/mol. The number of pyridine rings is 1. The van der Waals surface area contributed by atoms with Crippen LogP contribution in [0.25, 0.3) is 11.1 Å². The number of aliphatic hydroxyl groups is 1. The summed E-state index contributed by atoms with van der Waals surface area (Å²) < 4.78 is 5.65. The van der Waals surface area contributed by atoms with Crippen molar-refractivity contribution in [1.82, 2.24) is 4.98 Å². The van der Waals surface area contributed by atoms with E-state index in [4.69, 9.17) is 4.74 Å². The zero-order chi connectivity index (χ0) is 17.0. The molecule has 0 aliphatic heterocycles. The lowest BCUT2D eigenvalue weighted by atomic mass is 9.98. The molecule has 1 heterocycles. The summed E-state index contributed by atoms with van der Waals surface area (Å²) in [5.74, 6) is 0.555. The van der Waals surface area contributed by atoms with Crippen LogP contribution in [0.1, 0.15) is 41.9 Å². The summed E-state index contributed by atoms with van der Waals surface area (Å²) >= 11 is 0. The molecule has 1 aromatic heterocycles. The van der Waals surface area contributed by atoms with E-state index in [1.807, 2.05) is 38.1 Å². The van der Waals surface area contributed by atoms with E-state index in [0.717, 1.165) is 28.7 Å². The lowest BCUT2D eigenvalue weighted by Crippen LogP contribution is -2.22. The van der Waals surface area contributed by atoms with Crippen molar-refractivity contribution in [2.24, 2.45) is 0 Å². The molecule has 2 rings (SSSR count). The fourth-order valence-corrected chi connectivity index (χ4v) is 2.48. The van der Waals surface area contributed by atoms with Gasteiger partial charge in [0.2, 0.25) is 5.88 Å².